The molecule has 1 fully saturated rings. The quantitative estimate of drug-likeness (QED) is 0.521. The molecule has 1 aliphatic rings. The van der Waals surface area contributed by atoms with Crippen molar-refractivity contribution < 1.29 is 14.4 Å². The lowest BCUT2D eigenvalue weighted by molar-refractivity contribution is -0.127. The van der Waals surface area contributed by atoms with Crippen LogP contribution in [0.3, 0.4) is 0 Å². The Kier molecular flexibility index (Phi) is 3.63. The first-order valence-electron chi connectivity index (χ1n) is 4.26. The van der Waals surface area contributed by atoms with E-state index in [4.69, 9.17) is 16.9 Å². The molecule has 0 bridgehead atoms. The number of amides is 4. The number of carbonyl (C=O) groups is 3. The summed E-state index contributed by atoms with van der Waals surface area (Å²) in [6.45, 7) is 0.251. The van der Waals surface area contributed by atoms with Crippen molar-refractivity contribution >= 4 is 28.9 Å². The zero-order chi connectivity index (χ0) is 11.4. The van der Waals surface area contributed by atoms with Gasteiger partial charge < -0.3 is 0 Å². The normalized spacial score (nSPS) is 15.3. The zero-order valence-electron chi connectivity index (χ0n) is 7.77. The largest absolute Gasteiger partial charge is 0.334 e. The molecule has 15 heavy (non-hydrogen) atoms. The highest BCUT2D eigenvalue weighted by Gasteiger charge is 2.35. The highest BCUT2D eigenvalue weighted by molar-refractivity contribution is 6.64. The van der Waals surface area contributed by atoms with Gasteiger partial charge in [0, 0.05) is 25.9 Å². The van der Waals surface area contributed by atoms with Crippen molar-refractivity contribution in [2.24, 2.45) is 0 Å². The Morgan fingerprint density at radius 1 is 1.40 bits per heavy atom. The molecule has 0 unspecified atom stereocenters. The zero-order valence-corrected chi connectivity index (χ0v) is 8.53. The predicted octanol–water partition coefficient (Wildman–Crippen LogP) is 0.913. The Bertz CT molecular complexity index is 350. The van der Waals surface area contributed by atoms with Crippen LogP contribution in [0.15, 0.2) is 0 Å². The molecule has 0 radical (unpaired) electrons. The second-order valence-electron chi connectivity index (χ2n) is 2.89. The van der Waals surface area contributed by atoms with Gasteiger partial charge in [0.2, 0.25) is 5.91 Å². The van der Waals surface area contributed by atoms with Gasteiger partial charge in [0.1, 0.15) is 0 Å². The van der Waals surface area contributed by atoms with Crippen molar-refractivity contribution in [1.82, 2.24) is 9.80 Å². The maximum atomic E-state index is 11.4. The average molecular weight is 230 g/mol. The number of nitrogens with zero attached hydrogens (tertiary/aromatic N) is 3. The lowest BCUT2D eigenvalue weighted by atomic mass is 10.3. The van der Waals surface area contributed by atoms with Crippen LogP contribution >= 0.6 is 11.6 Å². The molecule has 0 spiro atoms. The molecular weight excluding hydrogens is 222 g/mol. The summed E-state index contributed by atoms with van der Waals surface area (Å²) < 4.78 is 0. The van der Waals surface area contributed by atoms with Gasteiger partial charge >= 0.3 is 11.4 Å². The molecule has 0 aromatic rings. The lowest BCUT2D eigenvalue weighted by Gasteiger charge is -2.13. The van der Waals surface area contributed by atoms with Crippen LogP contribution in [-0.2, 0) is 4.79 Å². The Morgan fingerprint density at radius 3 is 2.47 bits per heavy atom. The first-order chi connectivity index (χ1) is 7.07. The van der Waals surface area contributed by atoms with Crippen molar-refractivity contribution in [1.29, 1.82) is 5.26 Å². The van der Waals surface area contributed by atoms with E-state index >= 15 is 0 Å². The summed E-state index contributed by atoms with van der Waals surface area (Å²) in [4.78, 5) is 35.2. The van der Waals surface area contributed by atoms with Crippen molar-refractivity contribution in [3.63, 3.8) is 0 Å². The predicted molar refractivity (Wildman–Crippen MR) is 49.9 cm³/mol. The van der Waals surface area contributed by atoms with Gasteiger partial charge in [-0.1, -0.05) is 0 Å². The van der Waals surface area contributed by atoms with Gasteiger partial charge in [-0.25, -0.2) is 9.69 Å². The smallest absolute Gasteiger partial charge is 0.274 e. The van der Waals surface area contributed by atoms with Crippen LogP contribution in [0.1, 0.15) is 12.8 Å². The average Bonchev–Trinajstić information content (AvgIpc) is 2.56. The van der Waals surface area contributed by atoms with Crippen LogP contribution < -0.4 is 0 Å². The van der Waals surface area contributed by atoms with Crippen LogP contribution in [-0.4, -0.2) is 40.2 Å². The SMILES string of the molecule is N#CCCC(=O)N1CCN(C(=O)Cl)C1=O. The lowest BCUT2D eigenvalue weighted by Crippen LogP contribution is -2.37. The van der Waals surface area contributed by atoms with E-state index in [0.717, 1.165) is 9.80 Å². The van der Waals surface area contributed by atoms with Crippen molar-refractivity contribution in [2.45, 2.75) is 12.8 Å². The Balaban J connectivity index is 2.60. The third-order valence-corrected chi connectivity index (χ3v) is 2.18. The van der Waals surface area contributed by atoms with Crippen LogP contribution in [0.4, 0.5) is 9.59 Å². The van der Waals surface area contributed by atoms with Crippen LogP contribution in [0, 0.1) is 11.3 Å². The van der Waals surface area contributed by atoms with E-state index in [-0.39, 0.29) is 25.9 Å². The standard InChI is InChI=1S/C8H8ClN3O3/c9-7(14)12-5-4-11(8(12)15)6(13)2-1-3-10/h1-2,4-5H2. The highest BCUT2D eigenvalue weighted by atomic mass is 35.5. The number of urea groups is 1. The molecule has 0 aliphatic carbocycles. The van der Waals surface area contributed by atoms with E-state index in [9.17, 15) is 14.4 Å². The first-order valence-corrected chi connectivity index (χ1v) is 4.64. The van der Waals surface area contributed by atoms with Crippen molar-refractivity contribution in [3.8, 4) is 6.07 Å². The van der Waals surface area contributed by atoms with E-state index in [1.54, 1.807) is 6.07 Å². The molecular formula is C8H8ClN3O3. The molecule has 4 amide bonds. The molecule has 0 N–H and O–H groups in total. The monoisotopic (exact) mass is 229 g/mol. The maximum absolute atomic E-state index is 11.4. The molecule has 1 saturated heterocycles. The summed E-state index contributed by atoms with van der Waals surface area (Å²) in [6, 6.07) is 1.10. The Hall–Kier alpha value is -1.61. The first kappa shape index (κ1) is 11.5. The van der Waals surface area contributed by atoms with Crippen molar-refractivity contribution in [2.75, 3.05) is 13.1 Å². The van der Waals surface area contributed by atoms with Gasteiger partial charge in [0.05, 0.1) is 6.07 Å². The Labute approximate surface area is 91.0 Å². The molecule has 80 valence electrons. The summed E-state index contributed by atoms with van der Waals surface area (Å²) in [5.41, 5.74) is 0. The molecule has 0 atom stereocenters. The molecule has 0 aromatic heterocycles. The highest BCUT2D eigenvalue weighted by Crippen LogP contribution is 2.12. The third kappa shape index (κ3) is 2.44. The van der Waals surface area contributed by atoms with E-state index in [1.807, 2.05) is 0 Å². The summed E-state index contributed by atoms with van der Waals surface area (Å²) in [7, 11) is 0. The van der Waals surface area contributed by atoms with Crippen molar-refractivity contribution in [3.05, 3.63) is 0 Å². The number of halogens is 1. The summed E-state index contributed by atoms with van der Waals surface area (Å²) in [6.07, 6.45) is 0.0317. The number of hydrogen-bond acceptors (Lipinski definition) is 4. The molecule has 0 aromatic carbocycles. The number of rotatable bonds is 2. The second-order valence-corrected chi connectivity index (χ2v) is 3.21. The van der Waals surface area contributed by atoms with Crippen LogP contribution in [0.2, 0.25) is 0 Å². The van der Waals surface area contributed by atoms with Gasteiger partial charge in [-0.15, -0.1) is 0 Å². The van der Waals surface area contributed by atoms with Crippen LogP contribution in [0.5, 0.6) is 0 Å². The number of carbonyl (C=O) groups excluding carboxylic acids is 3. The van der Waals surface area contributed by atoms with Crippen LogP contribution in [0.25, 0.3) is 0 Å². The van der Waals surface area contributed by atoms with E-state index in [2.05, 4.69) is 0 Å². The molecule has 6 nitrogen and oxygen atoms in total. The minimum Gasteiger partial charge on any atom is -0.274 e. The van der Waals surface area contributed by atoms with E-state index < -0.39 is 17.3 Å². The van der Waals surface area contributed by atoms with Gasteiger partial charge in [0.25, 0.3) is 0 Å². The van der Waals surface area contributed by atoms with Gasteiger partial charge in [-0.2, -0.15) is 5.26 Å². The molecule has 1 heterocycles. The fourth-order valence-electron chi connectivity index (χ4n) is 1.23. The summed E-state index contributed by atoms with van der Waals surface area (Å²) >= 11 is 5.13. The van der Waals surface area contributed by atoms with Gasteiger partial charge in [0.15, 0.2) is 0 Å². The number of imide groups is 2. The fourth-order valence-corrected chi connectivity index (χ4v) is 1.39. The third-order valence-electron chi connectivity index (χ3n) is 1.97. The minimum absolute atomic E-state index is 0.0213. The summed E-state index contributed by atoms with van der Waals surface area (Å²) in [5.74, 6) is -0.457. The van der Waals surface area contributed by atoms with E-state index in [1.165, 1.54) is 0 Å². The Morgan fingerprint density at radius 2 is 2.00 bits per heavy atom. The fraction of sp³-hybridized carbons (Fsp3) is 0.500. The minimum atomic E-state index is -0.893. The topological polar surface area (TPSA) is 81.5 Å². The number of hydrogen-bond donors (Lipinski definition) is 0. The number of nitriles is 1. The molecule has 1 aliphatic heterocycles. The van der Waals surface area contributed by atoms with E-state index in [0.29, 0.717) is 0 Å². The maximum Gasteiger partial charge on any atom is 0.334 e. The van der Waals surface area contributed by atoms with Gasteiger partial charge in [-0.3, -0.25) is 14.5 Å². The molecule has 1 rings (SSSR count). The molecule has 0 saturated carbocycles. The summed E-state index contributed by atoms with van der Waals surface area (Å²) in [5, 5.41) is 7.38. The van der Waals surface area contributed by atoms with Gasteiger partial charge in [-0.05, 0) is 11.6 Å². The molecule has 7 heteroatoms. The second kappa shape index (κ2) is 4.75.